The molecule has 0 saturated heterocycles. The maximum atomic E-state index is 11.2. The molecule has 0 unspecified atom stereocenters. The summed E-state index contributed by atoms with van der Waals surface area (Å²) in [5.41, 5.74) is -0.00820. The van der Waals surface area contributed by atoms with E-state index in [-0.39, 0.29) is 11.1 Å². The first-order valence-corrected chi connectivity index (χ1v) is 6.78. The lowest BCUT2D eigenvalue weighted by Gasteiger charge is -2.18. The molecule has 8 heteroatoms. The Morgan fingerprint density at radius 2 is 1.89 bits per heavy atom. The number of nitro benzene ring substituents is 1. The van der Waals surface area contributed by atoms with Crippen molar-refractivity contribution in [1.82, 2.24) is 0 Å². The van der Waals surface area contributed by atoms with E-state index in [2.05, 4.69) is 0 Å². The van der Waals surface area contributed by atoms with Gasteiger partial charge in [-0.05, 0) is 44.0 Å². The maximum absolute atomic E-state index is 11.2. The molecule has 0 heterocycles. The summed E-state index contributed by atoms with van der Waals surface area (Å²) in [4.78, 5) is 21.5. The monoisotopic (exact) mass is 305 g/mol. The van der Waals surface area contributed by atoms with Crippen molar-refractivity contribution in [3.8, 4) is 0 Å². The number of halogens is 1. The molecule has 0 spiro atoms. The average molecular weight is 306 g/mol. The Morgan fingerprint density at radius 1 is 1.37 bits per heavy atom. The van der Waals surface area contributed by atoms with Gasteiger partial charge in [-0.1, -0.05) is 0 Å². The van der Waals surface area contributed by atoms with Gasteiger partial charge >= 0.3 is 0 Å². The minimum absolute atomic E-state index is 0.00552. The lowest BCUT2D eigenvalue weighted by Crippen LogP contribution is -2.21. The quantitative estimate of drug-likeness (QED) is 0.398. The summed E-state index contributed by atoms with van der Waals surface area (Å²) in [7, 11) is -2.92. The summed E-state index contributed by atoms with van der Waals surface area (Å²) in [6.07, 6.45) is 0. The van der Waals surface area contributed by atoms with Gasteiger partial charge in [0.2, 0.25) is 0 Å². The van der Waals surface area contributed by atoms with Crippen LogP contribution in [0.25, 0.3) is 0 Å². The standard InChI is InChI=1S/C11H12ClNO5S/c1-6-4-8(11(2,3)19(17)18)9(13(15)16)5-7(6)10(12)14/h4-5,19H,1-3H3. The second kappa shape index (κ2) is 5.26. The zero-order chi connectivity index (χ0) is 15.0. The fraction of sp³-hybridized carbons (Fsp3) is 0.364. The minimum Gasteiger partial charge on any atom is -0.276 e. The first-order valence-electron chi connectivity index (χ1n) is 5.23. The van der Waals surface area contributed by atoms with Crippen molar-refractivity contribution in [3.05, 3.63) is 38.9 Å². The molecule has 0 N–H and O–H groups in total. The average Bonchev–Trinajstić information content (AvgIpc) is 2.27. The molecule has 0 bridgehead atoms. The van der Waals surface area contributed by atoms with Crippen molar-refractivity contribution >= 4 is 33.2 Å². The highest BCUT2D eigenvalue weighted by atomic mass is 35.5. The minimum atomic E-state index is -2.92. The molecule has 0 saturated carbocycles. The highest BCUT2D eigenvalue weighted by Crippen LogP contribution is 2.34. The first kappa shape index (κ1) is 15.6. The Bertz CT molecular complexity index is 628. The Morgan fingerprint density at radius 3 is 2.26 bits per heavy atom. The number of thiol groups is 1. The number of rotatable bonds is 4. The smallest absolute Gasteiger partial charge is 0.274 e. The summed E-state index contributed by atoms with van der Waals surface area (Å²) < 4.78 is 21.1. The molecule has 0 radical (unpaired) electrons. The Hall–Kier alpha value is -1.47. The highest BCUT2D eigenvalue weighted by Gasteiger charge is 2.33. The third-order valence-corrected chi connectivity index (χ3v) is 4.22. The molecule has 6 nitrogen and oxygen atoms in total. The molecule has 19 heavy (non-hydrogen) atoms. The van der Waals surface area contributed by atoms with Crippen LogP contribution in [0.2, 0.25) is 0 Å². The van der Waals surface area contributed by atoms with Gasteiger partial charge < -0.3 is 0 Å². The number of hydrogen-bond donors (Lipinski definition) is 1. The maximum Gasteiger partial charge on any atom is 0.274 e. The third-order valence-electron chi connectivity index (χ3n) is 2.87. The molecule has 0 aliphatic heterocycles. The highest BCUT2D eigenvalue weighted by molar-refractivity contribution is 7.73. The summed E-state index contributed by atoms with van der Waals surface area (Å²) in [6, 6.07) is 2.33. The summed E-state index contributed by atoms with van der Waals surface area (Å²) in [5.74, 6) is 0. The van der Waals surface area contributed by atoms with Crippen LogP contribution in [0.3, 0.4) is 0 Å². The van der Waals surface area contributed by atoms with Gasteiger partial charge in [0.05, 0.1) is 15.2 Å². The van der Waals surface area contributed by atoms with Gasteiger partial charge in [-0.2, -0.15) is 0 Å². The lowest BCUT2D eigenvalue weighted by atomic mass is 9.95. The third kappa shape index (κ3) is 2.93. The van der Waals surface area contributed by atoms with E-state index in [0.29, 0.717) is 5.56 Å². The van der Waals surface area contributed by atoms with Gasteiger partial charge in [0.15, 0.2) is 0 Å². The van der Waals surface area contributed by atoms with Gasteiger partial charge in [0.25, 0.3) is 10.9 Å². The predicted molar refractivity (Wildman–Crippen MR) is 71.4 cm³/mol. The van der Waals surface area contributed by atoms with Crippen molar-refractivity contribution in [2.75, 3.05) is 0 Å². The molecule has 104 valence electrons. The van der Waals surface area contributed by atoms with Crippen LogP contribution >= 0.6 is 11.6 Å². The van der Waals surface area contributed by atoms with Crippen LogP contribution in [-0.4, -0.2) is 18.6 Å². The van der Waals surface area contributed by atoms with Crippen molar-refractivity contribution in [2.45, 2.75) is 25.5 Å². The van der Waals surface area contributed by atoms with E-state index in [1.54, 1.807) is 0 Å². The summed E-state index contributed by atoms with van der Waals surface area (Å²) >= 11 is 5.33. The van der Waals surface area contributed by atoms with Gasteiger partial charge in [-0.25, -0.2) is 8.42 Å². The van der Waals surface area contributed by atoms with Crippen molar-refractivity contribution in [1.29, 1.82) is 0 Å². The number of nitro groups is 1. The number of carbonyl (C=O) groups is 1. The summed E-state index contributed by atoms with van der Waals surface area (Å²) in [5, 5.41) is 10.2. The van der Waals surface area contributed by atoms with Crippen molar-refractivity contribution < 1.29 is 18.1 Å². The topological polar surface area (TPSA) is 94.3 Å². The first-order chi connectivity index (χ1) is 8.59. The van der Waals surface area contributed by atoms with Crippen LogP contribution in [0, 0.1) is 17.0 Å². The molecule has 1 aromatic carbocycles. The van der Waals surface area contributed by atoms with E-state index in [0.717, 1.165) is 6.07 Å². The Labute approximate surface area is 116 Å². The molecule has 1 rings (SSSR count). The van der Waals surface area contributed by atoms with Gasteiger partial charge in [-0.3, -0.25) is 14.9 Å². The zero-order valence-corrected chi connectivity index (χ0v) is 12.1. The molecule has 0 aliphatic rings. The molecule has 1 aromatic rings. The van der Waals surface area contributed by atoms with E-state index < -0.39 is 31.3 Å². The number of nitrogens with zero attached hydrogens (tertiary/aromatic N) is 1. The van der Waals surface area contributed by atoms with E-state index in [9.17, 15) is 23.3 Å². The second-order valence-corrected chi connectivity index (χ2v) is 6.51. The lowest BCUT2D eigenvalue weighted by molar-refractivity contribution is -0.385. The Kier molecular flexibility index (Phi) is 4.32. The molecule has 0 atom stereocenters. The van der Waals surface area contributed by atoms with Crippen molar-refractivity contribution in [2.24, 2.45) is 0 Å². The number of carbonyl (C=O) groups excluding carboxylic acids is 1. The normalized spacial score (nSPS) is 11.6. The van der Waals surface area contributed by atoms with Crippen LogP contribution in [0.4, 0.5) is 5.69 Å². The predicted octanol–water partition coefficient (Wildman–Crippen LogP) is 2.13. The van der Waals surface area contributed by atoms with E-state index in [1.807, 2.05) is 0 Å². The van der Waals surface area contributed by atoms with E-state index in [4.69, 9.17) is 11.6 Å². The van der Waals surface area contributed by atoms with E-state index >= 15 is 0 Å². The molecular formula is C11H12ClNO5S. The summed E-state index contributed by atoms with van der Waals surface area (Å²) in [6.45, 7) is 4.27. The molecule has 0 aliphatic carbocycles. The van der Waals surface area contributed by atoms with E-state index in [1.165, 1.54) is 26.8 Å². The van der Waals surface area contributed by atoms with Crippen LogP contribution in [0.5, 0.6) is 0 Å². The van der Waals surface area contributed by atoms with Crippen LogP contribution < -0.4 is 0 Å². The fourth-order valence-electron chi connectivity index (χ4n) is 1.65. The molecular weight excluding hydrogens is 294 g/mol. The number of hydrogen-bond acceptors (Lipinski definition) is 5. The molecule has 0 aromatic heterocycles. The number of aryl methyl sites for hydroxylation is 1. The van der Waals surface area contributed by atoms with Crippen molar-refractivity contribution in [3.63, 3.8) is 0 Å². The van der Waals surface area contributed by atoms with Gasteiger partial charge in [-0.15, -0.1) is 0 Å². The van der Waals surface area contributed by atoms with Crippen LogP contribution in [-0.2, 0) is 15.5 Å². The fourth-order valence-corrected chi connectivity index (χ4v) is 2.23. The Balaban J connectivity index is 3.71. The largest absolute Gasteiger partial charge is 0.276 e. The molecule has 0 fully saturated rings. The zero-order valence-electron chi connectivity index (χ0n) is 10.5. The number of benzene rings is 1. The van der Waals surface area contributed by atoms with Crippen LogP contribution in [0.1, 0.15) is 35.3 Å². The molecule has 0 amide bonds. The van der Waals surface area contributed by atoms with Crippen LogP contribution in [0.15, 0.2) is 12.1 Å². The van der Waals surface area contributed by atoms with Gasteiger partial charge in [0.1, 0.15) is 10.7 Å². The second-order valence-electron chi connectivity index (χ2n) is 4.53. The van der Waals surface area contributed by atoms with Gasteiger partial charge in [0, 0.05) is 11.6 Å². The SMILES string of the molecule is Cc1cc(C(C)(C)[SH](=O)=O)c([N+](=O)[O-])cc1C(=O)Cl.